The largest absolute Gasteiger partial charge is 0.508 e. The number of aliphatic hydroxyl groups excluding tert-OH is 1. The first-order valence-electron chi connectivity index (χ1n) is 24.6. The number of carboxylic acid groups (broad SMARTS) is 1. The molecule has 9 amide bonds. The third-order valence-corrected chi connectivity index (χ3v) is 12.7. The minimum absolute atomic E-state index is 0.0859. The van der Waals surface area contributed by atoms with E-state index in [1.54, 1.807) is 88.4 Å². The summed E-state index contributed by atoms with van der Waals surface area (Å²) < 4.78 is 0. The summed E-state index contributed by atoms with van der Waals surface area (Å²) in [5.74, 6) is -11.3. The van der Waals surface area contributed by atoms with Crippen molar-refractivity contribution in [2.24, 2.45) is 11.8 Å². The van der Waals surface area contributed by atoms with Crippen molar-refractivity contribution in [3.8, 4) is 5.75 Å². The number of aliphatic hydroxyl groups is 1. The number of hydrogen-bond acceptors (Lipinski definition) is 12. The quantitative estimate of drug-likeness (QED) is 0.102. The van der Waals surface area contributed by atoms with E-state index in [1.807, 2.05) is 0 Å². The van der Waals surface area contributed by atoms with Gasteiger partial charge in [-0.2, -0.15) is 0 Å². The first-order chi connectivity index (χ1) is 35.1. The second-order valence-electron chi connectivity index (χ2n) is 18.6. The van der Waals surface area contributed by atoms with Gasteiger partial charge in [-0.15, -0.1) is 0 Å². The molecule has 0 saturated carbocycles. The molecular weight excluding hydrogens is 959 g/mol. The van der Waals surface area contributed by atoms with Gasteiger partial charge in [-0.3, -0.25) is 47.9 Å². The number of phenolic OH excluding ortho intramolecular Hbond substituents is 1. The molecule has 74 heavy (non-hydrogen) atoms. The molecule has 0 radical (unpaired) electrons. The van der Waals surface area contributed by atoms with Crippen LogP contribution in [0, 0.1) is 11.8 Å². The van der Waals surface area contributed by atoms with Crippen molar-refractivity contribution < 1.29 is 63.3 Å². The van der Waals surface area contributed by atoms with E-state index in [1.165, 1.54) is 38.1 Å². The lowest BCUT2D eigenvalue weighted by atomic mass is 9.96. The second-order valence-corrected chi connectivity index (χ2v) is 18.6. The second kappa shape index (κ2) is 28.4. The number of nitrogens with one attached hydrogen (secondary N) is 9. The SMILES string of the molecule is CCC(C)[C@@H]1NC(=O)[C@H](CC(=O)O)NC(=O)[C@H](Cc2ccccc2)NC(=O)[C@H]([C@@H](C)CC)NC(=O)[C@H]([C@@H](C)O)NC(=O)[C@H](Cc2ccc(O)cc2)NC(=O)[C@H](C)NC(=O)CNC(=O)[C@H](Cc2ccccc2)NC1=O. The van der Waals surface area contributed by atoms with Gasteiger partial charge in [0.25, 0.3) is 0 Å². The molecule has 1 saturated heterocycles. The van der Waals surface area contributed by atoms with Crippen molar-refractivity contribution >= 4 is 59.1 Å². The molecule has 1 heterocycles. The molecule has 11 atom stereocenters. The van der Waals surface area contributed by atoms with E-state index in [0.29, 0.717) is 23.1 Å². The first kappa shape index (κ1) is 58.7. The summed E-state index contributed by atoms with van der Waals surface area (Å²) in [5.41, 5.74) is 1.58. The van der Waals surface area contributed by atoms with Gasteiger partial charge in [-0.1, -0.05) is 113 Å². The number of amides is 9. The molecule has 1 aliphatic rings. The fraction of sp³-hybridized carbons (Fsp3) is 0.462. The van der Waals surface area contributed by atoms with Crippen LogP contribution in [-0.2, 0) is 67.2 Å². The van der Waals surface area contributed by atoms with Crippen molar-refractivity contribution in [2.75, 3.05) is 6.54 Å². The molecule has 3 aromatic carbocycles. The number of aliphatic carboxylic acids is 1. The van der Waals surface area contributed by atoms with Gasteiger partial charge in [0.15, 0.2) is 0 Å². The van der Waals surface area contributed by atoms with E-state index in [-0.39, 0.29) is 31.4 Å². The molecule has 4 rings (SSSR count). The van der Waals surface area contributed by atoms with E-state index in [0.717, 1.165) is 0 Å². The van der Waals surface area contributed by atoms with Crippen LogP contribution in [0.1, 0.15) is 77.5 Å². The van der Waals surface area contributed by atoms with Crippen LogP contribution in [0.25, 0.3) is 0 Å². The maximum Gasteiger partial charge on any atom is 0.305 e. The van der Waals surface area contributed by atoms with Gasteiger partial charge in [0.2, 0.25) is 53.2 Å². The number of carbonyl (C=O) groups is 10. The Morgan fingerprint density at radius 1 is 0.500 bits per heavy atom. The fourth-order valence-corrected chi connectivity index (χ4v) is 7.88. The predicted octanol–water partition coefficient (Wildman–Crippen LogP) is -0.604. The molecule has 400 valence electrons. The molecule has 22 heteroatoms. The van der Waals surface area contributed by atoms with Crippen molar-refractivity contribution in [3.63, 3.8) is 0 Å². The Balaban J connectivity index is 1.81. The average molecular weight is 1030 g/mol. The molecule has 12 N–H and O–H groups in total. The Bertz CT molecular complexity index is 2440. The van der Waals surface area contributed by atoms with E-state index in [4.69, 9.17) is 0 Å². The molecule has 0 spiro atoms. The number of carboxylic acids is 1. The number of benzene rings is 3. The van der Waals surface area contributed by atoms with Gasteiger partial charge < -0.3 is 63.2 Å². The average Bonchev–Trinajstić information content (AvgIpc) is 3.37. The van der Waals surface area contributed by atoms with Crippen LogP contribution < -0.4 is 47.9 Å². The highest BCUT2D eigenvalue weighted by molar-refractivity contribution is 5.99. The molecule has 22 nitrogen and oxygen atoms in total. The van der Waals surface area contributed by atoms with Gasteiger partial charge in [0.05, 0.1) is 19.1 Å². The van der Waals surface area contributed by atoms with E-state index < -0.39 is 138 Å². The Morgan fingerprint density at radius 2 is 0.878 bits per heavy atom. The van der Waals surface area contributed by atoms with E-state index >= 15 is 0 Å². The summed E-state index contributed by atoms with van der Waals surface area (Å²) in [6, 6.07) is 10.6. The number of rotatable bonds is 13. The minimum Gasteiger partial charge on any atom is -0.508 e. The van der Waals surface area contributed by atoms with Crippen LogP contribution in [0.15, 0.2) is 84.9 Å². The van der Waals surface area contributed by atoms with Gasteiger partial charge in [0, 0.05) is 19.3 Å². The number of carbonyl (C=O) groups excluding carboxylic acids is 9. The topological polar surface area (TPSA) is 340 Å². The molecular formula is C52H69N9O13. The molecule has 1 fully saturated rings. The zero-order valence-electron chi connectivity index (χ0n) is 42.3. The fourth-order valence-electron chi connectivity index (χ4n) is 7.88. The Morgan fingerprint density at radius 3 is 1.34 bits per heavy atom. The Hall–Kier alpha value is -7.88. The van der Waals surface area contributed by atoms with Gasteiger partial charge in [0.1, 0.15) is 54.1 Å². The summed E-state index contributed by atoms with van der Waals surface area (Å²) in [6.45, 7) is 8.54. The van der Waals surface area contributed by atoms with Gasteiger partial charge in [-0.05, 0) is 54.5 Å². The number of aromatic hydroxyl groups is 1. The van der Waals surface area contributed by atoms with Crippen LogP contribution in [-0.4, -0.2) is 135 Å². The lowest BCUT2D eigenvalue weighted by Crippen LogP contribution is -2.63. The summed E-state index contributed by atoms with van der Waals surface area (Å²) in [4.78, 5) is 138. The summed E-state index contributed by atoms with van der Waals surface area (Å²) in [5, 5.41) is 53.6. The highest BCUT2D eigenvalue weighted by Crippen LogP contribution is 2.16. The third kappa shape index (κ3) is 18.0. The lowest BCUT2D eigenvalue weighted by molar-refractivity contribution is -0.142. The normalized spacial score (nSPS) is 24.8. The Kier molecular flexibility index (Phi) is 22.5. The minimum atomic E-state index is -1.82. The highest BCUT2D eigenvalue weighted by Gasteiger charge is 2.38. The van der Waals surface area contributed by atoms with Crippen molar-refractivity contribution in [1.82, 2.24) is 47.9 Å². The van der Waals surface area contributed by atoms with Crippen LogP contribution in [0.4, 0.5) is 0 Å². The van der Waals surface area contributed by atoms with Gasteiger partial charge in [-0.25, -0.2) is 0 Å². The van der Waals surface area contributed by atoms with Crippen LogP contribution in [0.3, 0.4) is 0 Å². The van der Waals surface area contributed by atoms with Crippen molar-refractivity contribution in [1.29, 1.82) is 0 Å². The molecule has 0 bridgehead atoms. The highest BCUT2D eigenvalue weighted by atomic mass is 16.4. The molecule has 0 aliphatic carbocycles. The monoisotopic (exact) mass is 1030 g/mol. The smallest absolute Gasteiger partial charge is 0.305 e. The van der Waals surface area contributed by atoms with Crippen LogP contribution in [0.5, 0.6) is 5.75 Å². The summed E-state index contributed by atoms with van der Waals surface area (Å²) in [7, 11) is 0. The molecule has 0 aromatic heterocycles. The number of phenols is 1. The molecule has 3 aromatic rings. The van der Waals surface area contributed by atoms with Crippen LogP contribution in [0.2, 0.25) is 0 Å². The Labute approximate surface area is 429 Å². The van der Waals surface area contributed by atoms with Gasteiger partial charge >= 0.3 is 5.97 Å². The van der Waals surface area contributed by atoms with E-state index in [9.17, 15) is 63.3 Å². The summed E-state index contributed by atoms with van der Waals surface area (Å²) >= 11 is 0. The van der Waals surface area contributed by atoms with Crippen LogP contribution >= 0.6 is 0 Å². The maximum atomic E-state index is 14.4. The predicted molar refractivity (Wildman–Crippen MR) is 269 cm³/mol. The zero-order chi connectivity index (χ0) is 54.6. The maximum absolute atomic E-state index is 14.4. The summed E-state index contributed by atoms with van der Waals surface area (Å²) in [6.07, 6.45) is -2.47. The number of hydrogen-bond donors (Lipinski definition) is 12. The molecule has 1 unspecified atom stereocenters. The zero-order valence-corrected chi connectivity index (χ0v) is 42.3. The van der Waals surface area contributed by atoms with Crippen molar-refractivity contribution in [2.45, 2.75) is 135 Å². The third-order valence-electron chi connectivity index (χ3n) is 12.7. The molecule has 1 aliphatic heterocycles. The van der Waals surface area contributed by atoms with E-state index in [2.05, 4.69) is 47.9 Å². The lowest BCUT2D eigenvalue weighted by Gasteiger charge is -2.30. The first-order valence-corrected chi connectivity index (χ1v) is 24.6. The van der Waals surface area contributed by atoms with Crippen molar-refractivity contribution in [3.05, 3.63) is 102 Å². The standard InChI is InChI=1S/C52H69N9O13/c1-7-28(3)42-50(72)57-36(23-32-15-11-9-12-16-32)46(68)53-27-40(64)54-30(5)45(67)55-38(25-34-19-21-35(63)22-20-34)48(70)61-44(31(6)62)52(74)60-43(29(4)8-2)51(73)58-37(24-33-17-13-10-14-18-33)47(69)56-39(26-41(65)66)49(71)59-42/h9-22,28-31,36-39,42-44,62-63H,7-8,23-27H2,1-6H3,(H,53,68)(H,54,64)(H,55,67)(H,56,69)(H,57,72)(H,58,73)(H,59,71)(H,60,74)(H,61,70)(H,65,66)/t28?,29-,30-,31+,36-,37-,38-,39-,42-,43-,44-/m0/s1.